The summed E-state index contributed by atoms with van der Waals surface area (Å²) >= 11 is 0. The summed E-state index contributed by atoms with van der Waals surface area (Å²) in [6, 6.07) is 5.47. The quantitative estimate of drug-likeness (QED) is 0.899. The van der Waals surface area contributed by atoms with Gasteiger partial charge in [0.25, 0.3) is 0 Å². The first-order valence-electron chi connectivity index (χ1n) is 7.06. The van der Waals surface area contributed by atoms with E-state index in [9.17, 15) is 4.39 Å². The van der Waals surface area contributed by atoms with Crippen molar-refractivity contribution in [1.29, 1.82) is 0 Å². The highest BCUT2D eigenvalue weighted by Gasteiger charge is 2.17. The lowest BCUT2D eigenvalue weighted by Gasteiger charge is -2.31. The van der Waals surface area contributed by atoms with Crippen LogP contribution >= 0.6 is 12.4 Å². The Bertz CT molecular complexity index is 406. The summed E-state index contributed by atoms with van der Waals surface area (Å²) < 4.78 is 14.1. The Kier molecular flexibility index (Phi) is 7.27. The number of nitrogens with one attached hydrogen (secondary N) is 1. The maximum atomic E-state index is 14.1. The predicted octanol–water partition coefficient (Wildman–Crippen LogP) is 2.15. The number of nitrogens with zero attached hydrogens (tertiary/aromatic N) is 2. The van der Waals surface area contributed by atoms with Gasteiger partial charge in [-0.1, -0.05) is 12.1 Å². The van der Waals surface area contributed by atoms with Crippen LogP contribution in [-0.4, -0.2) is 51.7 Å². The third-order valence-corrected chi connectivity index (χ3v) is 3.56. The number of aryl methyl sites for hydroxylation is 1. The molecule has 1 aromatic carbocycles. The highest BCUT2D eigenvalue weighted by molar-refractivity contribution is 5.85. The molecule has 0 aliphatic carbocycles. The first-order valence-corrected chi connectivity index (χ1v) is 7.06. The predicted molar refractivity (Wildman–Crippen MR) is 85.6 cm³/mol. The zero-order valence-electron chi connectivity index (χ0n) is 12.4. The summed E-state index contributed by atoms with van der Waals surface area (Å²) in [6.45, 7) is 4.69. The molecule has 0 spiro atoms. The molecular formula is C15H25ClFN3. The van der Waals surface area contributed by atoms with E-state index in [0.717, 1.165) is 56.8 Å². The molecule has 3 nitrogen and oxygen atoms in total. The van der Waals surface area contributed by atoms with Crippen LogP contribution in [0.4, 0.5) is 10.1 Å². The first-order chi connectivity index (χ1) is 9.18. The van der Waals surface area contributed by atoms with Gasteiger partial charge >= 0.3 is 0 Å². The Morgan fingerprint density at radius 2 is 1.95 bits per heavy atom. The van der Waals surface area contributed by atoms with Crippen molar-refractivity contribution in [3.63, 3.8) is 0 Å². The van der Waals surface area contributed by atoms with E-state index in [0.29, 0.717) is 0 Å². The first kappa shape index (κ1) is 17.2. The number of rotatable bonds is 5. The minimum Gasteiger partial charge on any atom is -0.366 e. The summed E-state index contributed by atoms with van der Waals surface area (Å²) in [5.74, 6) is -0.0794. The Balaban J connectivity index is 0.00000200. The number of para-hydroxylation sites is 1. The van der Waals surface area contributed by atoms with Gasteiger partial charge in [-0.05, 0) is 45.1 Å². The van der Waals surface area contributed by atoms with Crippen molar-refractivity contribution in [3.05, 3.63) is 29.6 Å². The van der Waals surface area contributed by atoms with Crippen LogP contribution in [0.25, 0.3) is 0 Å². The molecule has 2 rings (SSSR count). The fraction of sp³-hybridized carbons (Fsp3) is 0.600. The van der Waals surface area contributed by atoms with Crippen molar-refractivity contribution < 1.29 is 4.39 Å². The van der Waals surface area contributed by atoms with Crippen LogP contribution in [0, 0.1) is 5.82 Å². The van der Waals surface area contributed by atoms with E-state index in [2.05, 4.69) is 35.3 Å². The molecular weight excluding hydrogens is 277 g/mol. The number of piperazine rings is 1. The minimum atomic E-state index is -0.0794. The van der Waals surface area contributed by atoms with Crippen LogP contribution in [0.5, 0.6) is 0 Å². The van der Waals surface area contributed by atoms with Crippen molar-refractivity contribution in [2.45, 2.75) is 12.8 Å². The SMILES string of the molecule is CN(C)CCCc1cccc(F)c1N1CCNCC1.Cl. The second-order valence-corrected chi connectivity index (χ2v) is 5.39. The van der Waals surface area contributed by atoms with Gasteiger partial charge in [0, 0.05) is 26.2 Å². The van der Waals surface area contributed by atoms with Gasteiger partial charge in [0.1, 0.15) is 5.82 Å². The van der Waals surface area contributed by atoms with E-state index in [1.807, 2.05) is 6.07 Å². The lowest BCUT2D eigenvalue weighted by atomic mass is 10.1. The lowest BCUT2D eigenvalue weighted by Crippen LogP contribution is -2.44. The maximum absolute atomic E-state index is 14.1. The number of halogens is 2. The number of hydrogen-bond acceptors (Lipinski definition) is 3. The molecule has 1 fully saturated rings. The van der Waals surface area contributed by atoms with Gasteiger partial charge in [-0.3, -0.25) is 0 Å². The van der Waals surface area contributed by atoms with Crippen LogP contribution in [0.3, 0.4) is 0 Å². The van der Waals surface area contributed by atoms with E-state index < -0.39 is 0 Å². The molecule has 1 N–H and O–H groups in total. The topological polar surface area (TPSA) is 18.5 Å². The van der Waals surface area contributed by atoms with Crippen LogP contribution < -0.4 is 10.2 Å². The average molecular weight is 302 g/mol. The summed E-state index contributed by atoms with van der Waals surface area (Å²) in [7, 11) is 4.14. The summed E-state index contributed by atoms with van der Waals surface area (Å²) in [5, 5.41) is 3.31. The van der Waals surface area contributed by atoms with E-state index in [-0.39, 0.29) is 18.2 Å². The summed E-state index contributed by atoms with van der Waals surface area (Å²) in [6.07, 6.45) is 2.00. The third kappa shape index (κ3) is 4.62. The zero-order valence-corrected chi connectivity index (χ0v) is 13.2. The molecule has 114 valence electrons. The largest absolute Gasteiger partial charge is 0.366 e. The highest BCUT2D eigenvalue weighted by Crippen LogP contribution is 2.26. The van der Waals surface area contributed by atoms with Crippen molar-refractivity contribution >= 4 is 18.1 Å². The fourth-order valence-corrected chi connectivity index (χ4v) is 2.59. The Hall–Kier alpha value is -0.840. The second kappa shape index (κ2) is 8.45. The standard InChI is InChI=1S/C15H24FN3.ClH/c1-18(2)10-4-6-13-5-3-7-14(16)15(13)19-11-8-17-9-12-19;/h3,5,7,17H,4,6,8-12H2,1-2H3;1H. The molecule has 0 saturated carbocycles. The monoisotopic (exact) mass is 301 g/mol. The van der Waals surface area contributed by atoms with Gasteiger partial charge in [0.2, 0.25) is 0 Å². The molecule has 1 aliphatic heterocycles. The van der Waals surface area contributed by atoms with Crippen molar-refractivity contribution in [1.82, 2.24) is 10.2 Å². The molecule has 1 saturated heterocycles. The Morgan fingerprint density at radius 1 is 1.25 bits per heavy atom. The van der Waals surface area contributed by atoms with Gasteiger partial charge < -0.3 is 15.1 Å². The second-order valence-electron chi connectivity index (χ2n) is 5.39. The number of hydrogen-bond donors (Lipinski definition) is 1. The van der Waals surface area contributed by atoms with E-state index >= 15 is 0 Å². The smallest absolute Gasteiger partial charge is 0.146 e. The lowest BCUT2D eigenvalue weighted by molar-refractivity contribution is 0.400. The highest BCUT2D eigenvalue weighted by atomic mass is 35.5. The van der Waals surface area contributed by atoms with Crippen LogP contribution in [0.15, 0.2) is 18.2 Å². The molecule has 1 aromatic rings. The molecule has 0 aromatic heterocycles. The third-order valence-electron chi connectivity index (χ3n) is 3.56. The summed E-state index contributed by atoms with van der Waals surface area (Å²) in [5.41, 5.74) is 1.96. The number of benzene rings is 1. The summed E-state index contributed by atoms with van der Waals surface area (Å²) in [4.78, 5) is 4.35. The van der Waals surface area contributed by atoms with Crippen LogP contribution in [0.1, 0.15) is 12.0 Å². The molecule has 5 heteroatoms. The van der Waals surface area contributed by atoms with Crippen molar-refractivity contribution in [2.75, 3.05) is 51.7 Å². The van der Waals surface area contributed by atoms with Gasteiger partial charge in [-0.2, -0.15) is 0 Å². The molecule has 0 bridgehead atoms. The molecule has 1 heterocycles. The molecule has 0 amide bonds. The van der Waals surface area contributed by atoms with E-state index in [1.54, 1.807) is 6.07 Å². The van der Waals surface area contributed by atoms with Gasteiger partial charge in [0.05, 0.1) is 5.69 Å². The Labute approximate surface area is 127 Å². The van der Waals surface area contributed by atoms with Gasteiger partial charge in [-0.25, -0.2) is 4.39 Å². The maximum Gasteiger partial charge on any atom is 0.146 e. The molecule has 20 heavy (non-hydrogen) atoms. The molecule has 1 aliphatic rings. The van der Waals surface area contributed by atoms with Crippen molar-refractivity contribution in [3.8, 4) is 0 Å². The number of anilines is 1. The molecule has 0 radical (unpaired) electrons. The van der Waals surface area contributed by atoms with Crippen LogP contribution in [-0.2, 0) is 6.42 Å². The normalized spacial score (nSPS) is 15.3. The van der Waals surface area contributed by atoms with E-state index in [1.165, 1.54) is 0 Å². The van der Waals surface area contributed by atoms with Crippen molar-refractivity contribution in [2.24, 2.45) is 0 Å². The van der Waals surface area contributed by atoms with Crippen LogP contribution in [0.2, 0.25) is 0 Å². The van der Waals surface area contributed by atoms with Gasteiger partial charge in [-0.15, -0.1) is 12.4 Å². The Morgan fingerprint density at radius 3 is 2.60 bits per heavy atom. The fourth-order valence-electron chi connectivity index (χ4n) is 2.59. The molecule has 0 unspecified atom stereocenters. The molecule has 0 atom stereocenters. The van der Waals surface area contributed by atoms with Gasteiger partial charge in [0.15, 0.2) is 0 Å². The minimum absolute atomic E-state index is 0. The average Bonchev–Trinajstić information content (AvgIpc) is 2.39. The zero-order chi connectivity index (χ0) is 13.7. The van der Waals surface area contributed by atoms with E-state index in [4.69, 9.17) is 0 Å².